The first-order valence-electron chi connectivity index (χ1n) is 4.95. The van der Waals surface area contributed by atoms with Crippen LogP contribution in [0.2, 0.25) is 0 Å². The highest BCUT2D eigenvalue weighted by Crippen LogP contribution is 2.27. The van der Waals surface area contributed by atoms with Gasteiger partial charge in [0, 0.05) is 7.11 Å². The van der Waals surface area contributed by atoms with Crippen molar-refractivity contribution < 1.29 is 9.66 Å². The van der Waals surface area contributed by atoms with Crippen LogP contribution >= 0.6 is 0 Å². The van der Waals surface area contributed by atoms with E-state index in [1.165, 1.54) is 10.9 Å². The van der Waals surface area contributed by atoms with Crippen molar-refractivity contribution in [1.82, 2.24) is 9.78 Å². The van der Waals surface area contributed by atoms with Crippen LogP contribution in [-0.2, 0) is 4.74 Å². The van der Waals surface area contributed by atoms with Gasteiger partial charge in [-0.3, -0.25) is 10.1 Å². The lowest BCUT2D eigenvalue weighted by Gasteiger charge is -2.21. The van der Waals surface area contributed by atoms with E-state index in [1.54, 1.807) is 7.11 Å². The molecule has 1 aromatic rings. The SMILES string of the molecule is COCC(C(C)C)n1ncc([N+](=O)[O-])c1N. The number of methoxy groups -OCH3 is 1. The van der Waals surface area contributed by atoms with Gasteiger partial charge in [-0.1, -0.05) is 13.8 Å². The summed E-state index contributed by atoms with van der Waals surface area (Å²) in [5, 5.41) is 14.6. The fourth-order valence-corrected chi connectivity index (χ4v) is 1.48. The molecule has 1 aromatic heterocycles. The number of nitrogens with two attached hydrogens (primary N) is 1. The summed E-state index contributed by atoms with van der Waals surface area (Å²) in [7, 11) is 1.57. The average molecular weight is 228 g/mol. The van der Waals surface area contributed by atoms with E-state index in [9.17, 15) is 10.1 Å². The van der Waals surface area contributed by atoms with E-state index in [2.05, 4.69) is 5.10 Å². The molecule has 90 valence electrons. The van der Waals surface area contributed by atoms with Crippen molar-refractivity contribution in [2.45, 2.75) is 19.9 Å². The summed E-state index contributed by atoms with van der Waals surface area (Å²) in [6.45, 7) is 4.38. The normalized spacial score (nSPS) is 13.0. The molecule has 0 amide bonds. The summed E-state index contributed by atoms with van der Waals surface area (Å²) >= 11 is 0. The van der Waals surface area contributed by atoms with Gasteiger partial charge in [0.1, 0.15) is 6.20 Å². The second kappa shape index (κ2) is 4.93. The van der Waals surface area contributed by atoms with Crippen LogP contribution in [0.5, 0.6) is 0 Å². The summed E-state index contributed by atoms with van der Waals surface area (Å²) in [6, 6.07) is -0.0984. The molecule has 0 saturated heterocycles. The molecule has 7 nitrogen and oxygen atoms in total. The van der Waals surface area contributed by atoms with Crippen molar-refractivity contribution in [2.75, 3.05) is 19.5 Å². The molecule has 1 unspecified atom stereocenters. The zero-order valence-electron chi connectivity index (χ0n) is 9.58. The van der Waals surface area contributed by atoms with Gasteiger partial charge in [-0.05, 0) is 5.92 Å². The van der Waals surface area contributed by atoms with Gasteiger partial charge in [0.05, 0.1) is 17.6 Å². The van der Waals surface area contributed by atoms with Crippen LogP contribution in [0.3, 0.4) is 0 Å². The molecular weight excluding hydrogens is 212 g/mol. The Bertz CT molecular complexity index is 375. The third-order valence-electron chi connectivity index (χ3n) is 2.43. The van der Waals surface area contributed by atoms with E-state index < -0.39 is 4.92 Å². The molecule has 0 aliphatic heterocycles. The number of hydrogen-bond acceptors (Lipinski definition) is 5. The smallest absolute Gasteiger partial charge is 0.330 e. The zero-order valence-corrected chi connectivity index (χ0v) is 9.58. The second-order valence-electron chi connectivity index (χ2n) is 3.88. The Morgan fingerprint density at radius 1 is 1.69 bits per heavy atom. The Hall–Kier alpha value is -1.63. The summed E-state index contributed by atoms with van der Waals surface area (Å²) in [6.07, 6.45) is 1.17. The molecule has 1 heterocycles. The molecule has 0 spiro atoms. The number of aromatic nitrogens is 2. The molecule has 0 radical (unpaired) electrons. The summed E-state index contributed by atoms with van der Waals surface area (Å²) < 4.78 is 6.51. The Morgan fingerprint density at radius 2 is 2.31 bits per heavy atom. The predicted molar refractivity (Wildman–Crippen MR) is 59.0 cm³/mol. The van der Waals surface area contributed by atoms with Crippen LogP contribution in [0, 0.1) is 16.0 Å². The highest BCUT2D eigenvalue weighted by atomic mass is 16.6. The fraction of sp³-hybridized carbons (Fsp3) is 0.667. The summed E-state index contributed by atoms with van der Waals surface area (Å²) in [4.78, 5) is 10.1. The molecule has 1 rings (SSSR count). The van der Waals surface area contributed by atoms with E-state index in [-0.39, 0.29) is 23.5 Å². The molecule has 1 atom stereocenters. The monoisotopic (exact) mass is 228 g/mol. The molecule has 16 heavy (non-hydrogen) atoms. The van der Waals surface area contributed by atoms with Gasteiger partial charge in [-0.2, -0.15) is 5.10 Å². The number of hydrogen-bond donors (Lipinski definition) is 1. The molecule has 0 bridgehead atoms. The van der Waals surface area contributed by atoms with Crippen LogP contribution in [0.4, 0.5) is 11.5 Å². The van der Waals surface area contributed by atoms with Crippen molar-refractivity contribution >= 4 is 11.5 Å². The third-order valence-corrected chi connectivity index (χ3v) is 2.43. The molecule has 0 saturated carbocycles. The van der Waals surface area contributed by atoms with Gasteiger partial charge in [-0.25, -0.2) is 4.68 Å². The number of rotatable bonds is 5. The second-order valence-corrected chi connectivity index (χ2v) is 3.88. The Kier molecular flexibility index (Phi) is 3.83. The maximum absolute atomic E-state index is 10.6. The van der Waals surface area contributed by atoms with Gasteiger partial charge in [-0.15, -0.1) is 0 Å². The molecule has 0 aliphatic carbocycles. The van der Waals surface area contributed by atoms with Gasteiger partial charge < -0.3 is 10.5 Å². The minimum absolute atomic E-state index is 0.0701. The molecule has 2 N–H and O–H groups in total. The maximum atomic E-state index is 10.6. The summed E-state index contributed by atoms with van der Waals surface area (Å²) in [5.74, 6) is 0.294. The molecule has 7 heteroatoms. The van der Waals surface area contributed by atoms with Gasteiger partial charge >= 0.3 is 5.69 Å². The van der Waals surface area contributed by atoms with Crippen LogP contribution in [0.1, 0.15) is 19.9 Å². The molecular formula is C9H16N4O3. The number of nitrogens with zero attached hydrogens (tertiary/aromatic N) is 3. The number of ether oxygens (including phenoxy) is 1. The van der Waals surface area contributed by atoms with Crippen LogP contribution < -0.4 is 5.73 Å². The number of anilines is 1. The van der Waals surface area contributed by atoms with E-state index in [4.69, 9.17) is 10.5 Å². The number of nitrogen functional groups attached to an aromatic ring is 1. The van der Waals surface area contributed by atoms with Crippen molar-refractivity contribution in [3.05, 3.63) is 16.3 Å². The van der Waals surface area contributed by atoms with Gasteiger partial charge in [0.15, 0.2) is 0 Å². The molecule has 0 aromatic carbocycles. The molecule has 0 fully saturated rings. The van der Waals surface area contributed by atoms with Crippen molar-refractivity contribution in [3.63, 3.8) is 0 Å². The van der Waals surface area contributed by atoms with Crippen molar-refractivity contribution in [2.24, 2.45) is 5.92 Å². The largest absolute Gasteiger partial charge is 0.382 e. The Balaban J connectivity index is 3.06. The first-order valence-corrected chi connectivity index (χ1v) is 4.95. The maximum Gasteiger partial charge on any atom is 0.330 e. The molecule has 0 aliphatic rings. The van der Waals surface area contributed by atoms with Gasteiger partial charge in [0.2, 0.25) is 5.82 Å². The van der Waals surface area contributed by atoms with E-state index in [0.29, 0.717) is 6.61 Å². The van der Waals surface area contributed by atoms with Gasteiger partial charge in [0.25, 0.3) is 0 Å². The lowest BCUT2D eigenvalue weighted by atomic mass is 10.1. The minimum Gasteiger partial charge on any atom is -0.382 e. The Morgan fingerprint density at radius 3 is 2.69 bits per heavy atom. The van der Waals surface area contributed by atoms with Crippen LogP contribution in [0.25, 0.3) is 0 Å². The zero-order chi connectivity index (χ0) is 12.3. The first-order chi connectivity index (χ1) is 7.49. The standard InChI is InChI=1S/C9H16N4O3/c1-6(2)8(5-16-3)12-9(10)7(4-11-12)13(14)15/h4,6,8H,5,10H2,1-3H3. The van der Waals surface area contributed by atoms with Crippen molar-refractivity contribution in [3.8, 4) is 0 Å². The van der Waals surface area contributed by atoms with Crippen LogP contribution in [0.15, 0.2) is 6.20 Å². The van der Waals surface area contributed by atoms with E-state index >= 15 is 0 Å². The topological polar surface area (TPSA) is 96.2 Å². The van der Waals surface area contributed by atoms with E-state index in [0.717, 1.165) is 0 Å². The first kappa shape index (κ1) is 12.4. The lowest BCUT2D eigenvalue weighted by Crippen LogP contribution is -2.22. The lowest BCUT2D eigenvalue weighted by molar-refractivity contribution is -0.384. The van der Waals surface area contributed by atoms with E-state index in [1.807, 2.05) is 13.8 Å². The summed E-state index contributed by atoms with van der Waals surface area (Å²) in [5.41, 5.74) is 5.51. The highest BCUT2D eigenvalue weighted by Gasteiger charge is 2.24. The predicted octanol–water partition coefficient (Wildman–Crippen LogP) is 1.22. The quantitative estimate of drug-likeness (QED) is 0.603. The minimum atomic E-state index is -0.539. The number of nitro groups is 1. The highest BCUT2D eigenvalue weighted by molar-refractivity contribution is 5.51. The van der Waals surface area contributed by atoms with Crippen LogP contribution in [-0.4, -0.2) is 28.4 Å². The average Bonchev–Trinajstić information content (AvgIpc) is 2.56. The van der Waals surface area contributed by atoms with Crippen molar-refractivity contribution in [1.29, 1.82) is 0 Å². The fourth-order valence-electron chi connectivity index (χ4n) is 1.48. The Labute approximate surface area is 93.3 Å². The third kappa shape index (κ3) is 2.30.